The topological polar surface area (TPSA) is 67.4 Å². The molecule has 2 aromatic carbocycles. The predicted octanol–water partition coefficient (Wildman–Crippen LogP) is 5.43. The zero-order chi connectivity index (χ0) is 20.7. The van der Waals surface area contributed by atoms with Gasteiger partial charge in [0.05, 0.1) is 11.4 Å². The molecule has 0 saturated carbocycles. The Morgan fingerprint density at radius 3 is 2.25 bits per heavy atom. The monoisotopic (exact) mass is 408 g/mol. The van der Waals surface area contributed by atoms with Gasteiger partial charge in [0, 0.05) is 17.1 Å². The maximum Gasteiger partial charge on any atom is 0.412 e. The number of hydrogen-bond donors (Lipinski definition) is 2. The van der Waals surface area contributed by atoms with Crippen LogP contribution in [-0.2, 0) is 9.53 Å². The van der Waals surface area contributed by atoms with Crippen LogP contribution in [-0.4, -0.2) is 23.4 Å². The summed E-state index contributed by atoms with van der Waals surface area (Å²) >= 11 is 1.40. The number of benzene rings is 2. The minimum Gasteiger partial charge on any atom is -0.444 e. The van der Waals surface area contributed by atoms with E-state index in [9.17, 15) is 18.4 Å². The van der Waals surface area contributed by atoms with E-state index in [1.165, 1.54) is 36.0 Å². The minimum atomic E-state index is -0.707. The summed E-state index contributed by atoms with van der Waals surface area (Å²) in [6.45, 7) is 5.16. The maximum absolute atomic E-state index is 13.6. The smallest absolute Gasteiger partial charge is 0.412 e. The lowest BCUT2D eigenvalue weighted by atomic mass is 10.2. The van der Waals surface area contributed by atoms with E-state index in [2.05, 4.69) is 10.6 Å². The number of hydrogen-bond acceptors (Lipinski definition) is 4. The van der Waals surface area contributed by atoms with E-state index < -0.39 is 17.5 Å². The summed E-state index contributed by atoms with van der Waals surface area (Å²) in [5.74, 6) is -0.752. The molecular formula is C20H22F2N2O3S. The molecule has 2 aromatic rings. The molecular weight excluding hydrogens is 386 g/mol. The third kappa shape index (κ3) is 7.56. The number of carbonyl (C=O) groups excluding carboxylic acids is 2. The van der Waals surface area contributed by atoms with E-state index in [4.69, 9.17) is 4.74 Å². The number of carbonyl (C=O) groups is 2. The van der Waals surface area contributed by atoms with E-state index in [-0.39, 0.29) is 29.5 Å². The first-order valence-electron chi connectivity index (χ1n) is 8.60. The SMILES string of the molecule is CC(C)(C)OC(=O)Nc1ccc(F)cc1NC(=O)CCSc1ccc(F)cc1. The molecule has 2 rings (SSSR count). The predicted molar refractivity (Wildman–Crippen MR) is 107 cm³/mol. The lowest BCUT2D eigenvalue weighted by Gasteiger charge is -2.20. The standard InChI is InChI=1S/C20H22F2N2O3S/c1-20(2,3)27-19(26)24-16-9-6-14(22)12-17(16)23-18(25)10-11-28-15-7-4-13(21)5-8-15/h4-9,12H,10-11H2,1-3H3,(H,23,25)(H,24,26). The van der Waals surface area contributed by atoms with Crippen LogP contribution in [0.1, 0.15) is 27.2 Å². The number of thioether (sulfide) groups is 1. The van der Waals surface area contributed by atoms with Crippen molar-refractivity contribution in [3.63, 3.8) is 0 Å². The molecule has 0 bridgehead atoms. The molecule has 150 valence electrons. The number of rotatable bonds is 6. The van der Waals surface area contributed by atoms with Crippen LogP contribution in [0.2, 0.25) is 0 Å². The fourth-order valence-corrected chi connectivity index (χ4v) is 3.00. The number of halogens is 2. The summed E-state index contributed by atoms with van der Waals surface area (Å²) in [5, 5.41) is 5.10. The van der Waals surface area contributed by atoms with E-state index in [1.807, 2.05) is 0 Å². The number of amides is 2. The van der Waals surface area contributed by atoms with Gasteiger partial charge in [-0.25, -0.2) is 13.6 Å². The quantitative estimate of drug-likeness (QED) is 0.625. The summed E-state index contributed by atoms with van der Waals surface area (Å²) < 4.78 is 31.6. The average molecular weight is 408 g/mol. The second-order valence-corrected chi connectivity index (χ2v) is 8.09. The summed E-state index contributed by atoms with van der Waals surface area (Å²) in [5.41, 5.74) is -0.316. The van der Waals surface area contributed by atoms with E-state index >= 15 is 0 Å². The number of anilines is 2. The number of ether oxygens (including phenoxy) is 1. The Balaban J connectivity index is 1.94. The first kappa shape index (κ1) is 21.7. The minimum absolute atomic E-state index is 0.141. The van der Waals surface area contributed by atoms with Crippen molar-refractivity contribution in [2.24, 2.45) is 0 Å². The lowest BCUT2D eigenvalue weighted by Crippen LogP contribution is -2.27. The van der Waals surface area contributed by atoms with Gasteiger partial charge in [-0.1, -0.05) is 0 Å². The molecule has 0 aliphatic rings. The van der Waals surface area contributed by atoms with E-state index in [0.29, 0.717) is 5.75 Å². The van der Waals surface area contributed by atoms with Gasteiger partial charge in [-0.2, -0.15) is 0 Å². The van der Waals surface area contributed by atoms with Crippen molar-refractivity contribution in [3.8, 4) is 0 Å². The third-order valence-electron chi connectivity index (χ3n) is 3.30. The first-order chi connectivity index (χ1) is 13.1. The van der Waals surface area contributed by atoms with Crippen molar-refractivity contribution in [1.82, 2.24) is 0 Å². The van der Waals surface area contributed by atoms with Crippen molar-refractivity contribution < 1.29 is 23.1 Å². The molecule has 0 atom stereocenters. The van der Waals surface area contributed by atoms with Gasteiger partial charge in [-0.05, 0) is 63.2 Å². The average Bonchev–Trinajstić information content (AvgIpc) is 2.57. The lowest BCUT2D eigenvalue weighted by molar-refractivity contribution is -0.115. The Kier molecular flexibility index (Phi) is 7.39. The first-order valence-corrected chi connectivity index (χ1v) is 9.59. The molecule has 0 fully saturated rings. The molecule has 0 heterocycles. The van der Waals surface area contributed by atoms with Gasteiger partial charge in [-0.15, -0.1) is 11.8 Å². The number of nitrogens with one attached hydrogen (secondary N) is 2. The largest absolute Gasteiger partial charge is 0.444 e. The molecule has 0 unspecified atom stereocenters. The van der Waals surface area contributed by atoms with Crippen molar-refractivity contribution >= 4 is 35.1 Å². The highest BCUT2D eigenvalue weighted by molar-refractivity contribution is 7.99. The van der Waals surface area contributed by atoms with Gasteiger partial charge < -0.3 is 10.1 Å². The molecule has 0 aliphatic heterocycles. The van der Waals surface area contributed by atoms with Crippen LogP contribution < -0.4 is 10.6 Å². The summed E-state index contributed by atoms with van der Waals surface area (Å²) in [4.78, 5) is 25.0. The van der Waals surface area contributed by atoms with Gasteiger partial charge in [-0.3, -0.25) is 10.1 Å². The van der Waals surface area contributed by atoms with Crippen molar-refractivity contribution in [3.05, 3.63) is 54.1 Å². The Morgan fingerprint density at radius 2 is 1.61 bits per heavy atom. The molecule has 0 radical (unpaired) electrons. The Morgan fingerprint density at radius 1 is 0.964 bits per heavy atom. The zero-order valence-electron chi connectivity index (χ0n) is 15.8. The molecule has 2 N–H and O–H groups in total. The summed E-state index contributed by atoms with van der Waals surface area (Å²) in [6.07, 6.45) is -0.550. The molecule has 28 heavy (non-hydrogen) atoms. The Hall–Kier alpha value is -2.61. The van der Waals surface area contributed by atoms with Crippen LogP contribution in [0.15, 0.2) is 47.4 Å². The van der Waals surface area contributed by atoms with Crippen molar-refractivity contribution in [2.75, 3.05) is 16.4 Å². The molecule has 0 aromatic heterocycles. The Bertz CT molecular complexity index is 836. The van der Waals surface area contributed by atoms with E-state index in [0.717, 1.165) is 11.0 Å². The van der Waals surface area contributed by atoms with Gasteiger partial charge in [0.2, 0.25) is 5.91 Å². The molecule has 2 amide bonds. The van der Waals surface area contributed by atoms with Crippen LogP contribution in [0.25, 0.3) is 0 Å². The molecule has 5 nitrogen and oxygen atoms in total. The highest BCUT2D eigenvalue weighted by Crippen LogP contribution is 2.25. The highest BCUT2D eigenvalue weighted by atomic mass is 32.2. The third-order valence-corrected chi connectivity index (χ3v) is 4.32. The summed E-state index contributed by atoms with van der Waals surface area (Å²) in [7, 11) is 0. The van der Waals surface area contributed by atoms with Crippen LogP contribution in [0.5, 0.6) is 0 Å². The molecule has 8 heteroatoms. The molecule has 0 saturated heterocycles. The normalized spacial score (nSPS) is 11.0. The second kappa shape index (κ2) is 9.54. The van der Waals surface area contributed by atoms with Crippen LogP contribution in [0, 0.1) is 11.6 Å². The van der Waals surface area contributed by atoms with E-state index in [1.54, 1.807) is 32.9 Å². The van der Waals surface area contributed by atoms with Crippen LogP contribution >= 0.6 is 11.8 Å². The zero-order valence-corrected chi connectivity index (χ0v) is 16.7. The van der Waals surface area contributed by atoms with Crippen LogP contribution in [0.3, 0.4) is 0 Å². The fraction of sp³-hybridized carbons (Fsp3) is 0.300. The van der Waals surface area contributed by atoms with Crippen molar-refractivity contribution in [1.29, 1.82) is 0 Å². The molecule has 0 aliphatic carbocycles. The molecule has 0 spiro atoms. The second-order valence-electron chi connectivity index (χ2n) is 6.92. The van der Waals surface area contributed by atoms with Gasteiger partial charge >= 0.3 is 6.09 Å². The highest BCUT2D eigenvalue weighted by Gasteiger charge is 2.18. The Labute approximate surface area is 166 Å². The van der Waals surface area contributed by atoms with Crippen molar-refractivity contribution in [2.45, 2.75) is 37.7 Å². The van der Waals surface area contributed by atoms with Gasteiger partial charge in [0.25, 0.3) is 0 Å². The van der Waals surface area contributed by atoms with Crippen LogP contribution in [0.4, 0.5) is 25.0 Å². The van der Waals surface area contributed by atoms with Gasteiger partial charge in [0.15, 0.2) is 0 Å². The summed E-state index contributed by atoms with van der Waals surface area (Å²) in [6, 6.07) is 9.61. The van der Waals surface area contributed by atoms with Gasteiger partial charge in [0.1, 0.15) is 17.2 Å². The maximum atomic E-state index is 13.6. The fourth-order valence-electron chi connectivity index (χ4n) is 2.15.